The molecule has 0 bridgehead atoms. The summed E-state index contributed by atoms with van der Waals surface area (Å²) in [6.45, 7) is 0.472. The molecule has 2 aromatic heterocycles. The largest absolute Gasteiger partial charge is 0.493 e. The zero-order chi connectivity index (χ0) is 20.4. The second-order valence-corrected chi connectivity index (χ2v) is 6.60. The molecule has 1 amide bonds. The van der Waals surface area contributed by atoms with Gasteiger partial charge < -0.3 is 21.2 Å². The number of primary amides is 1. The summed E-state index contributed by atoms with van der Waals surface area (Å²) in [5.41, 5.74) is 15.1. The maximum atomic E-state index is 11.6. The summed E-state index contributed by atoms with van der Waals surface area (Å²) in [4.78, 5) is 28.2. The Balaban J connectivity index is 1.83. The lowest BCUT2D eigenvalue weighted by Gasteiger charge is -2.18. The number of amidine groups is 1. The summed E-state index contributed by atoms with van der Waals surface area (Å²) in [6.07, 6.45) is 5.37. The number of hydrogen-bond donors (Lipinski definition) is 3. The number of amides is 1. The van der Waals surface area contributed by atoms with Crippen molar-refractivity contribution >= 4 is 11.7 Å². The Bertz CT molecular complexity index is 1120. The minimum Gasteiger partial charge on any atom is -0.493 e. The minimum atomic E-state index is -0.488. The number of aliphatic imine (C=N–C) groups is 1. The standard InChI is InChI=1S/C21H20N6O2/c1-29-16-10-15(11-25-19(16)22)18-17(12-5-7-24-8-6-12)26-21(27-18)14-4-2-3-13(9-14)20(23)28/h2-10,15H,11H2,1H3,(H2,22,25)(H2,23,28)(H,26,27). The van der Waals surface area contributed by atoms with Gasteiger partial charge in [0.1, 0.15) is 5.82 Å². The van der Waals surface area contributed by atoms with E-state index in [2.05, 4.69) is 15.0 Å². The molecule has 0 saturated heterocycles. The molecule has 1 aliphatic rings. The Hall–Kier alpha value is -3.94. The number of rotatable bonds is 5. The Morgan fingerprint density at radius 2 is 2.00 bits per heavy atom. The van der Waals surface area contributed by atoms with Gasteiger partial charge in [-0.15, -0.1) is 0 Å². The van der Waals surface area contributed by atoms with E-state index in [0.717, 1.165) is 22.5 Å². The highest BCUT2D eigenvalue weighted by atomic mass is 16.5. The van der Waals surface area contributed by atoms with E-state index in [1.165, 1.54) is 0 Å². The summed E-state index contributed by atoms with van der Waals surface area (Å²) < 4.78 is 5.34. The lowest BCUT2D eigenvalue weighted by atomic mass is 9.98. The molecule has 8 nitrogen and oxygen atoms in total. The summed E-state index contributed by atoms with van der Waals surface area (Å²) in [5.74, 6) is 0.959. The number of dihydropyridines is 1. The van der Waals surface area contributed by atoms with Gasteiger partial charge in [0, 0.05) is 35.0 Å². The van der Waals surface area contributed by atoms with Crippen LogP contribution in [0.25, 0.3) is 22.6 Å². The average Bonchev–Trinajstić information content (AvgIpc) is 3.20. The third kappa shape index (κ3) is 3.60. The number of carbonyl (C=O) groups excluding carboxylic acids is 1. The molecule has 1 aromatic carbocycles. The van der Waals surface area contributed by atoms with Crippen molar-refractivity contribution in [3.05, 3.63) is 71.9 Å². The predicted molar refractivity (Wildman–Crippen MR) is 110 cm³/mol. The second kappa shape index (κ2) is 7.59. The molecule has 146 valence electrons. The number of pyridine rings is 1. The van der Waals surface area contributed by atoms with Gasteiger partial charge in [0.25, 0.3) is 0 Å². The summed E-state index contributed by atoms with van der Waals surface area (Å²) >= 11 is 0. The Kier molecular flexibility index (Phi) is 4.82. The third-order valence-corrected chi connectivity index (χ3v) is 4.76. The number of methoxy groups -OCH3 is 1. The lowest BCUT2D eigenvalue weighted by molar-refractivity contribution is 0.100. The third-order valence-electron chi connectivity index (χ3n) is 4.76. The van der Waals surface area contributed by atoms with Crippen molar-refractivity contribution < 1.29 is 9.53 Å². The number of hydrogen-bond acceptors (Lipinski definition) is 6. The molecule has 1 atom stereocenters. The van der Waals surface area contributed by atoms with Crippen LogP contribution in [0.3, 0.4) is 0 Å². The highest BCUT2D eigenvalue weighted by Crippen LogP contribution is 2.33. The molecule has 3 aromatic rings. The van der Waals surface area contributed by atoms with Gasteiger partial charge in [-0.25, -0.2) is 4.98 Å². The summed E-state index contributed by atoms with van der Waals surface area (Å²) in [5, 5.41) is 0. The van der Waals surface area contributed by atoms with Crippen LogP contribution in [0.5, 0.6) is 0 Å². The fourth-order valence-electron chi connectivity index (χ4n) is 3.28. The number of carbonyl (C=O) groups is 1. The smallest absolute Gasteiger partial charge is 0.248 e. The van der Waals surface area contributed by atoms with Crippen LogP contribution in [0, 0.1) is 0 Å². The number of imidazole rings is 1. The highest BCUT2D eigenvalue weighted by Gasteiger charge is 2.24. The molecule has 0 radical (unpaired) electrons. The number of nitrogens with zero attached hydrogens (tertiary/aromatic N) is 3. The van der Waals surface area contributed by atoms with E-state index in [0.29, 0.717) is 29.5 Å². The number of nitrogens with one attached hydrogen (secondary N) is 1. The first-order chi connectivity index (χ1) is 14.1. The highest BCUT2D eigenvalue weighted by molar-refractivity contribution is 5.96. The minimum absolute atomic E-state index is 0.0963. The fourth-order valence-corrected chi connectivity index (χ4v) is 3.28. The van der Waals surface area contributed by atoms with Crippen molar-refractivity contribution in [3.8, 4) is 22.6 Å². The molecule has 5 N–H and O–H groups in total. The first-order valence-electron chi connectivity index (χ1n) is 9.03. The first kappa shape index (κ1) is 18.4. The molecule has 0 spiro atoms. The maximum Gasteiger partial charge on any atom is 0.248 e. The van der Waals surface area contributed by atoms with Gasteiger partial charge in [0.05, 0.1) is 25.0 Å². The molecule has 1 aliphatic heterocycles. The van der Waals surface area contributed by atoms with E-state index < -0.39 is 5.91 Å². The number of H-pyrrole nitrogens is 1. The number of nitrogens with two attached hydrogens (primary N) is 2. The molecule has 0 aliphatic carbocycles. The molecule has 1 unspecified atom stereocenters. The monoisotopic (exact) mass is 388 g/mol. The Labute approximate surface area is 167 Å². The zero-order valence-electron chi connectivity index (χ0n) is 15.8. The molecule has 4 rings (SSSR count). The van der Waals surface area contributed by atoms with Gasteiger partial charge >= 0.3 is 0 Å². The number of aromatic amines is 1. The number of aromatic nitrogens is 3. The SMILES string of the molecule is COC1=CC(c2[nH]c(-c3cccc(C(N)=O)c3)nc2-c2ccncc2)CN=C1N. The molecular formula is C21H20N6O2. The Morgan fingerprint density at radius 1 is 1.21 bits per heavy atom. The van der Waals surface area contributed by atoms with E-state index in [4.69, 9.17) is 21.2 Å². The van der Waals surface area contributed by atoms with Crippen LogP contribution in [0.4, 0.5) is 0 Å². The molecule has 0 fully saturated rings. The maximum absolute atomic E-state index is 11.6. The quantitative estimate of drug-likeness (QED) is 0.616. The summed E-state index contributed by atoms with van der Waals surface area (Å²) in [6, 6.07) is 10.8. The van der Waals surface area contributed by atoms with Crippen LogP contribution in [-0.4, -0.2) is 40.3 Å². The van der Waals surface area contributed by atoms with E-state index >= 15 is 0 Å². The van der Waals surface area contributed by atoms with Gasteiger partial charge in [0.15, 0.2) is 11.6 Å². The second-order valence-electron chi connectivity index (χ2n) is 6.60. The van der Waals surface area contributed by atoms with Crippen LogP contribution in [0.1, 0.15) is 22.0 Å². The molecule has 0 saturated carbocycles. The van der Waals surface area contributed by atoms with E-state index in [1.54, 1.807) is 37.7 Å². The molecular weight excluding hydrogens is 368 g/mol. The van der Waals surface area contributed by atoms with Gasteiger partial charge in [-0.1, -0.05) is 12.1 Å². The molecule has 29 heavy (non-hydrogen) atoms. The van der Waals surface area contributed by atoms with Crippen LogP contribution >= 0.6 is 0 Å². The van der Waals surface area contributed by atoms with E-state index in [-0.39, 0.29) is 5.92 Å². The van der Waals surface area contributed by atoms with Crippen LogP contribution in [-0.2, 0) is 4.74 Å². The van der Waals surface area contributed by atoms with Gasteiger partial charge in [-0.3, -0.25) is 14.8 Å². The van der Waals surface area contributed by atoms with Crippen molar-refractivity contribution in [2.45, 2.75) is 5.92 Å². The van der Waals surface area contributed by atoms with Crippen LogP contribution in [0.2, 0.25) is 0 Å². The topological polar surface area (TPSA) is 132 Å². The van der Waals surface area contributed by atoms with Crippen molar-refractivity contribution in [1.29, 1.82) is 0 Å². The van der Waals surface area contributed by atoms with Crippen LogP contribution < -0.4 is 11.5 Å². The Morgan fingerprint density at radius 3 is 2.72 bits per heavy atom. The lowest BCUT2D eigenvalue weighted by Crippen LogP contribution is -2.23. The van der Waals surface area contributed by atoms with Crippen molar-refractivity contribution in [3.63, 3.8) is 0 Å². The molecule has 8 heteroatoms. The number of benzene rings is 1. The van der Waals surface area contributed by atoms with Gasteiger partial charge in [-0.05, 0) is 30.3 Å². The summed E-state index contributed by atoms with van der Waals surface area (Å²) in [7, 11) is 1.56. The fraction of sp³-hybridized carbons (Fsp3) is 0.143. The van der Waals surface area contributed by atoms with Crippen molar-refractivity contribution in [2.24, 2.45) is 16.5 Å². The van der Waals surface area contributed by atoms with Gasteiger partial charge in [0.2, 0.25) is 5.91 Å². The molecule has 3 heterocycles. The zero-order valence-corrected chi connectivity index (χ0v) is 15.8. The predicted octanol–water partition coefficient (Wildman–Crippen LogP) is 2.22. The van der Waals surface area contributed by atoms with Crippen LogP contribution in [0.15, 0.2) is 65.6 Å². The van der Waals surface area contributed by atoms with Gasteiger partial charge in [-0.2, -0.15) is 0 Å². The first-order valence-corrected chi connectivity index (χ1v) is 9.03. The number of ether oxygens (including phenoxy) is 1. The van der Waals surface area contributed by atoms with Crippen molar-refractivity contribution in [2.75, 3.05) is 13.7 Å². The normalized spacial score (nSPS) is 16.1. The van der Waals surface area contributed by atoms with Crippen molar-refractivity contribution in [1.82, 2.24) is 15.0 Å². The average molecular weight is 388 g/mol. The van der Waals surface area contributed by atoms with E-state index in [9.17, 15) is 4.79 Å². The van der Waals surface area contributed by atoms with E-state index in [1.807, 2.05) is 24.3 Å².